The molecule has 1 rings (SSSR count). The number of nitrogens with one attached hydrogen (secondary N) is 1. The van der Waals surface area contributed by atoms with E-state index in [2.05, 4.69) is 5.32 Å². The van der Waals surface area contributed by atoms with Crippen molar-refractivity contribution in [2.45, 2.75) is 6.92 Å². The number of nitrogens with zero attached hydrogens (tertiary/aromatic N) is 1. The molecule has 6 heteroatoms. The molecule has 1 aromatic rings. The molecule has 0 atom stereocenters. The van der Waals surface area contributed by atoms with Gasteiger partial charge in [0.1, 0.15) is 0 Å². The second-order valence-corrected chi connectivity index (χ2v) is 3.03. The third kappa shape index (κ3) is 2.00. The van der Waals surface area contributed by atoms with Crippen LogP contribution in [0.25, 0.3) is 0 Å². The Hall–Kier alpha value is -1.62. The molecule has 0 aliphatic heterocycles. The van der Waals surface area contributed by atoms with E-state index < -0.39 is 4.92 Å². The molecule has 0 unspecified atom stereocenters. The van der Waals surface area contributed by atoms with Crippen LogP contribution in [0.15, 0.2) is 12.1 Å². The fourth-order valence-electron chi connectivity index (χ4n) is 0.983. The number of nitro benzene ring substituents is 1. The highest BCUT2D eigenvalue weighted by atomic mass is 35.5. The van der Waals surface area contributed by atoms with Crippen molar-refractivity contribution in [2.75, 3.05) is 5.32 Å². The van der Waals surface area contributed by atoms with E-state index >= 15 is 0 Å². The zero-order valence-corrected chi connectivity index (χ0v) is 8.04. The van der Waals surface area contributed by atoms with Crippen molar-refractivity contribution >= 4 is 29.4 Å². The number of carbonyl (C=O) groups excluding carboxylic acids is 1. The fraction of sp³-hybridized carbons (Fsp3) is 0.125. The molecular formula is C8H7ClN2O3. The van der Waals surface area contributed by atoms with Crippen LogP contribution in [0.4, 0.5) is 11.4 Å². The summed E-state index contributed by atoms with van der Waals surface area (Å²) in [5, 5.41) is 13.0. The van der Waals surface area contributed by atoms with Gasteiger partial charge in [-0.25, -0.2) is 0 Å². The highest BCUT2D eigenvalue weighted by Crippen LogP contribution is 2.29. The van der Waals surface area contributed by atoms with Crippen LogP contribution >= 0.6 is 11.6 Å². The lowest BCUT2D eigenvalue weighted by Crippen LogP contribution is -1.98. The van der Waals surface area contributed by atoms with Gasteiger partial charge in [0.2, 0.25) is 6.41 Å². The number of nitro groups is 1. The summed E-state index contributed by atoms with van der Waals surface area (Å²) in [6.07, 6.45) is 0.447. The molecule has 0 radical (unpaired) electrons. The summed E-state index contributed by atoms with van der Waals surface area (Å²) >= 11 is 5.74. The molecule has 0 spiro atoms. The lowest BCUT2D eigenvalue weighted by Gasteiger charge is -2.05. The van der Waals surface area contributed by atoms with Gasteiger partial charge in [-0.15, -0.1) is 0 Å². The quantitative estimate of drug-likeness (QED) is 0.476. The predicted octanol–water partition coefficient (Wildman–Crippen LogP) is 2.12. The molecule has 1 N–H and O–H groups in total. The van der Waals surface area contributed by atoms with Gasteiger partial charge in [0.15, 0.2) is 0 Å². The molecule has 0 aliphatic rings. The Morgan fingerprint density at radius 2 is 2.21 bits per heavy atom. The van der Waals surface area contributed by atoms with E-state index in [9.17, 15) is 14.9 Å². The van der Waals surface area contributed by atoms with Gasteiger partial charge >= 0.3 is 0 Å². The van der Waals surface area contributed by atoms with Crippen molar-refractivity contribution in [3.8, 4) is 0 Å². The first-order valence-corrected chi connectivity index (χ1v) is 4.08. The van der Waals surface area contributed by atoms with Gasteiger partial charge in [0.05, 0.1) is 15.6 Å². The monoisotopic (exact) mass is 214 g/mol. The maximum atomic E-state index is 10.5. The predicted molar refractivity (Wildman–Crippen MR) is 52.5 cm³/mol. The summed E-state index contributed by atoms with van der Waals surface area (Å²) in [6, 6.07) is 2.50. The standard InChI is InChI=1S/C8H7ClN2O3/c1-5-7(9)2-6(11(13)14)3-8(5)10-4-12/h2-4H,1H3,(H,10,12). The molecular weight excluding hydrogens is 208 g/mol. The smallest absolute Gasteiger partial charge is 0.273 e. The highest BCUT2D eigenvalue weighted by molar-refractivity contribution is 6.32. The number of amides is 1. The van der Waals surface area contributed by atoms with Gasteiger partial charge in [-0.3, -0.25) is 14.9 Å². The van der Waals surface area contributed by atoms with Crippen LogP contribution in [0.2, 0.25) is 5.02 Å². The number of anilines is 1. The molecule has 1 aromatic carbocycles. The number of hydrogen-bond donors (Lipinski definition) is 1. The first-order chi connectivity index (χ1) is 6.56. The molecule has 0 aliphatic carbocycles. The summed E-state index contributed by atoms with van der Waals surface area (Å²) in [7, 11) is 0. The van der Waals surface area contributed by atoms with Crippen LogP contribution in [0, 0.1) is 17.0 Å². The van der Waals surface area contributed by atoms with Crippen molar-refractivity contribution in [1.29, 1.82) is 0 Å². The molecule has 0 saturated heterocycles. The highest BCUT2D eigenvalue weighted by Gasteiger charge is 2.12. The molecule has 0 aromatic heterocycles. The first kappa shape index (κ1) is 10.5. The van der Waals surface area contributed by atoms with E-state index in [4.69, 9.17) is 11.6 Å². The summed E-state index contributed by atoms with van der Waals surface area (Å²) in [5.41, 5.74) is 0.800. The van der Waals surface area contributed by atoms with Crippen molar-refractivity contribution < 1.29 is 9.72 Å². The number of rotatable bonds is 3. The largest absolute Gasteiger partial charge is 0.328 e. The van der Waals surface area contributed by atoms with Gasteiger partial charge in [-0.1, -0.05) is 11.6 Å². The molecule has 14 heavy (non-hydrogen) atoms. The SMILES string of the molecule is Cc1c(Cl)cc([N+](=O)[O-])cc1NC=O. The molecule has 5 nitrogen and oxygen atoms in total. The molecule has 0 bridgehead atoms. The maximum absolute atomic E-state index is 10.5. The van der Waals surface area contributed by atoms with E-state index in [1.807, 2.05) is 0 Å². The van der Waals surface area contributed by atoms with E-state index in [1.165, 1.54) is 12.1 Å². The van der Waals surface area contributed by atoms with Crippen LogP contribution in [0.5, 0.6) is 0 Å². The Kier molecular flexibility index (Phi) is 3.03. The number of non-ortho nitro benzene ring substituents is 1. The first-order valence-electron chi connectivity index (χ1n) is 3.71. The van der Waals surface area contributed by atoms with Gasteiger partial charge in [-0.2, -0.15) is 0 Å². The van der Waals surface area contributed by atoms with Gasteiger partial charge in [-0.05, 0) is 12.5 Å². The maximum Gasteiger partial charge on any atom is 0.273 e. The van der Waals surface area contributed by atoms with Crippen LogP contribution in [0.3, 0.4) is 0 Å². The average Bonchev–Trinajstić information content (AvgIpc) is 2.12. The number of benzene rings is 1. The lowest BCUT2D eigenvalue weighted by atomic mass is 10.2. The average molecular weight is 215 g/mol. The minimum Gasteiger partial charge on any atom is -0.328 e. The van der Waals surface area contributed by atoms with Crippen molar-refractivity contribution in [2.24, 2.45) is 0 Å². The molecule has 0 saturated carbocycles. The third-order valence-electron chi connectivity index (χ3n) is 1.75. The van der Waals surface area contributed by atoms with Gasteiger partial charge < -0.3 is 5.32 Å². The van der Waals surface area contributed by atoms with Crippen molar-refractivity contribution in [3.63, 3.8) is 0 Å². The van der Waals surface area contributed by atoms with Gasteiger partial charge in [0.25, 0.3) is 5.69 Å². The number of halogens is 1. The normalized spacial score (nSPS) is 9.57. The second kappa shape index (κ2) is 4.06. The third-order valence-corrected chi connectivity index (χ3v) is 2.15. The van der Waals surface area contributed by atoms with Crippen LogP contribution < -0.4 is 5.32 Å². The van der Waals surface area contributed by atoms with Crippen molar-refractivity contribution in [3.05, 3.63) is 32.8 Å². The van der Waals surface area contributed by atoms with Crippen LogP contribution in [0.1, 0.15) is 5.56 Å². The Morgan fingerprint density at radius 3 is 2.71 bits per heavy atom. The lowest BCUT2D eigenvalue weighted by molar-refractivity contribution is -0.384. The molecule has 1 amide bonds. The van der Waals surface area contributed by atoms with E-state index in [0.717, 1.165) is 0 Å². The summed E-state index contributed by atoms with van der Waals surface area (Å²) in [4.78, 5) is 20.1. The Balaban J connectivity index is 3.27. The van der Waals surface area contributed by atoms with Crippen molar-refractivity contribution in [1.82, 2.24) is 0 Å². The summed E-state index contributed by atoms with van der Waals surface area (Å²) in [6.45, 7) is 1.66. The molecule has 74 valence electrons. The van der Waals surface area contributed by atoms with Crippen LogP contribution in [-0.4, -0.2) is 11.3 Å². The summed E-state index contributed by atoms with van der Waals surface area (Å²) < 4.78 is 0. The van der Waals surface area contributed by atoms with E-state index in [1.54, 1.807) is 6.92 Å². The minimum absolute atomic E-state index is 0.148. The Labute approximate surface area is 84.8 Å². The molecule has 0 fully saturated rings. The van der Waals surface area contributed by atoms with E-state index in [0.29, 0.717) is 17.7 Å². The number of hydrogen-bond acceptors (Lipinski definition) is 3. The molecule has 0 heterocycles. The van der Waals surface area contributed by atoms with Crippen LogP contribution in [-0.2, 0) is 4.79 Å². The van der Waals surface area contributed by atoms with E-state index in [-0.39, 0.29) is 10.7 Å². The zero-order chi connectivity index (χ0) is 10.7. The van der Waals surface area contributed by atoms with Gasteiger partial charge in [0, 0.05) is 12.1 Å². The Bertz CT molecular complexity index is 392. The number of carbonyl (C=O) groups is 1. The second-order valence-electron chi connectivity index (χ2n) is 2.62. The minimum atomic E-state index is -0.568. The summed E-state index contributed by atoms with van der Waals surface area (Å²) in [5.74, 6) is 0. The topological polar surface area (TPSA) is 72.2 Å². The fourth-order valence-corrected chi connectivity index (χ4v) is 1.20. The Morgan fingerprint density at radius 1 is 1.57 bits per heavy atom. The zero-order valence-electron chi connectivity index (χ0n) is 7.28.